The van der Waals surface area contributed by atoms with E-state index in [4.69, 9.17) is 5.73 Å². The molecule has 33 heavy (non-hydrogen) atoms. The Bertz CT molecular complexity index is 987. The number of likely N-dealkylation sites (N-methyl/N-ethyl adjacent to an activating group) is 1. The molecular formula is C22H29F3N6O2. The topological polar surface area (TPSA) is 125 Å². The number of nitrogens with two attached hydrogens (primary N) is 1. The summed E-state index contributed by atoms with van der Waals surface area (Å²) >= 11 is 0. The standard InChI is InChI=1S/C22H29F3N6O2/c1-22(2,3)16(26)10-15(27-4)20(33)31-21(30-17-6-5-7-18(32)29-17)28-11-12-8-13(23)19(25)14(24)9-12/h5-9,15-16,27H,10-11,26H2,1-4H3,(H3,28,29,30,31,32,33). The van der Waals surface area contributed by atoms with Gasteiger partial charge in [0, 0.05) is 18.7 Å². The average Bonchev–Trinajstić information content (AvgIpc) is 2.73. The quantitative estimate of drug-likeness (QED) is 0.241. The zero-order valence-corrected chi connectivity index (χ0v) is 18.9. The van der Waals surface area contributed by atoms with Crippen molar-refractivity contribution in [2.45, 2.75) is 45.8 Å². The minimum Gasteiger partial charge on any atom is -0.493 e. The van der Waals surface area contributed by atoms with E-state index < -0.39 is 29.4 Å². The molecule has 0 radical (unpaired) electrons. The van der Waals surface area contributed by atoms with Crippen molar-refractivity contribution in [3.05, 3.63) is 53.3 Å². The van der Waals surface area contributed by atoms with Crippen LogP contribution in [-0.2, 0) is 11.3 Å². The fourth-order valence-electron chi connectivity index (χ4n) is 2.76. The van der Waals surface area contributed by atoms with Gasteiger partial charge in [-0.05, 0) is 42.6 Å². The van der Waals surface area contributed by atoms with Crippen LogP contribution in [-0.4, -0.2) is 41.1 Å². The van der Waals surface area contributed by atoms with E-state index in [1.54, 1.807) is 7.05 Å². The Balaban J connectivity index is 2.26. The van der Waals surface area contributed by atoms with E-state index in [2.05, 4.69) is 25.9 Å². The zero-order valence-electron chi connectivity index (χ0n) is 18.9. The number of aliphatic imine (C=N–C) groups is 1. The minimum atomic E-state index is -1.57. The van der Waals surface area contributed by atoms with Gasteiger partial charge in [-0.3, -0.25) is 4.79 Å². The first-order chi connectivity index (χ1) is 15.4. The van der Waals surface area contributed by atoms with Crippen molar-refractivity contribution in [3.63, 3.8) is 0 Å². The molecule has 8 nitrogen and oxygen atoms in total. The summed E-state index contributed by atoms with van der Waals surface area (Å²) in [6, 6.07) is 5.06. The highest BCUT2D eigenvalue weighted by molar-refractivity contribution is 6.01. The first kappa shape index (κ1) is 26.1. The largest absolute Gasteiger partial charge is 0.493 e. The Hall–Kier alpha value is -3.18. The molecule has 0 fully saturated rings. The third-order valence-electron chi connectivity index (χ3n) is 4.95. The molecule has 2 rings (SSSR count). The molecule has 1 heterocycles. The lowest BCUT2D eigenvalue weighted by molar-refractivity contribution is -0.120. The van der Waals surface area contributed by atoms with Gasteiger partial charge in [-0.1, -0.05) is 26.8 Å². The molecule has 2 atom stereocenters. The number of halogens is 3. The van der Waals surface area contributed by atoms with Gasteiger partial charge in [-0.2, -0.15) is 9.98 Å². The molecule has 0 aliphatic heterocycles. The van der Waals surface area contributed by atoms with Crippen LogP contribution in [0.1, 0.15) is 32.8 Å². The molecule has 0 aliphatic rings. The molecule has 6 N–H and O–H groups in total. The van der Waals surface area contributed by atoms with Gasteiger partial charge in [0.1, 0.15) is 5.82 Å². The molecule has 0 saturated heterocycles. The number of nitrogens with zero attached hydrogens (tertiary/aromatic N) is 2. The molecule has 0 bridgehead atoms. The lowest BCUT2D eigenvalue weighted by atomic mass is 9.83. The Morgan fingerprint density at radius 3 is 2.39 bits per heavy atom. The van der Waals surface area contributed by atoms with Crippen LogP contribution in [0.4, 0.5) is 19.0 Å². The normalized spacial score (nSPS) is 14.0. The van der Waals surface area contributed by atoms with E-state index in [1.807, 2.05) is 20.8 Å². The van der Waals surface area contributed by atoms with Gasteiger partial charge < -0.3 is 26.8 Å². The summed E-state index contributed by atoms with van der Waals surface area (Å²) < 4.78 is 40.3. The van der Waals surface area contributed by atoms with Crippen LogP contribution < -0.4 is 21.7 Å². The number of carbonyl (C=O) groups excluding carboxylic acids is 1. The molecule has 1 aromatic carbocycles. The minimum absolute atomic E-state index is 0.0807. The number of nitrogens with one attached hydrogen (secondary N) is 3. The van der Waals surface area contributed by atoms with Crippen molar-refractivity contribution in [1.82, 2.24) is 15.6 Å². The van der Waals surface area contributed by atoms with Crippen LogP contribution >= 0.6 is 0 Å². The van der Waals surface area contributed by atoms with Crippen molar-refractivity contribution in [3.8, 4) is 5.88 Å². The second-order valence-electron chi connectivity index (χ2n) is 8.58. The summed E-state index contributed by atoms with van der Waals surface area (Å²) in [6.45, 7) is 5.70. The van der Waals surface area contributed by atoms with E-state index in [-0.39, 0.29) is 41.2 Å². The van der Waals surface area contributed by atoms with Gasteiger partial charge in [0.05, 0.1) is 6.04 Å². The molecule has 2 aromatic rings. The zero-order chi connectivity index (χ0) is 24.8. The van der Waals surface area contributed by atoms with Gasteiger partial charge in [0.2, 0.25) is 11.8 Å². The predicted molar refractivity (Wildman–Crippen MR) is 120 cm³/mol. The van der Waals surface area contributed by atoms with Crippen LogP contribution in [0.25, 0.3) is 0 Å². The summed E-state index contributed by atoms with van der Waals surface area (Å²) in [7, 11) is 1.61. The van der Waals surface area contributed by atoms with Crippen molar-refractivity contribution >= 4 is 17.7 Å². The lowest BCUT2D eigenvalue weighted by Gasteiger charge is -2.29. The number of amides is 1. The molecule has 0 aliphatic carbocycles. The van der Waals surface area contributed by atoms with E-state index >= 15 is 0 Å². The second kappa shape index (κ2) is 11.1. The third kappa shape index (κ3) is 7.72. The molecule has 0 saturated carbocycles. The number of pyridine rings is 1. The van der Waals surface area contributed by atoms with Crippen molar-refractivity contribution in [1.29, 1.82) is 0 Å². The number of benzene rings is 1. The summed E-state index contributed by atoms with van der Waals surface area (Å²) in [5.41, 5.74) is 6.05. The molecule has 1 aromatic heterocycles. The monoisotopic (exact) mass is 466 g/mol. The average molecular weight is 467 g/mol. The fourth-order valence-corrected chi connectivity index (χ4v) is 2.76. The van der Waals surface area contributed by atoms with E-state index in [9.17, 15) is 23.1 Å². The Morgan fingerprint density at radius 2 is 1.85 bits per heavy atom. The summed E-state index contributed by atoms with van der Waals surface area (Å²) in [4.78, 5) is 20.8. The molecule has 1 amide bonds. The molecule has 11 heteroatoms. The van der Waals surface area contributed by atoms with Crippen LogP contribution in [0.2, 0.25) is 0 Å². The van der Waals surface area contributed by atoms with Gasteiger partial charge in [0.15, 0.2) is 17.5 Å². The van der Waals surface area contributed by atoms with E-state index in [0.29, 0.717) is 6.42 Å². The number of carbonyl (C=O) groups is 1. The highest BCUT2D eigenvalue weighted by Gasteiger charge is 2.27. The fraction of sp³-hybridized carbons (Fsp3) is 0.409. The van der Waals surface area contributed by atoms with Crippen molar-refractivity contribution in [2.24, 2.45) is 16.1 Å². The van der Waals surface area contributed by atoms with Crippen LogP contribution in [0.15, 0.2) is 35.3 Å². The number of aromatic nitrogens is 1. The van der Waals surface area contributed by atoms with Gasteiger partial charge >= 0.3 is 0 Å². The molecule has 0 spiro atoms. The smallest absolute Gasteiger partial charge is 0.266 e. The lowest BCUT2D eigenvalue weighted by Crippen LogP contribution is -2.45. The number of rotatable bonds is 7. The number of hydrogen-bond acceptors (Lipinski definition) is 5. The van der Waals surface area contributed by atoms with Crippen molar-refractivity contribution < 1.29 is 23.1 Å². The van der Waals surface area contributed by atoms with E-state index in [0.717, 1.165) is 12.1 Å². The Morgan fingerprint density at radius 1 is 1.21 bits per heavy atom. The maximum atomic E-state index is 13.5. The molecular weight excluding hydrogens is 437 g/mol. The number of anilines is 1. The number of aromatic hydroxyl groups is 1. The Labute approximate surface area is 190 Å². The van der Waals surface area contributed by atoms with Crippen LogP contribution in [0.3, 0.4) is 0 Å². The summed E-state index contributed by atoms with van der Waals surface area (Å²) in [5.74, 6) is -4.99. The van der Waals surface area contributed by atoms with Gasteiger partial charge in [-0.15, -0.1) is 0 Å². The third-order valence-corrected chi connectivity index (χ3v) is 4.95. The Kier molecular flexibility index (Phi) is 8.77. The van der Waals surface area contributed by atoms with Gasteiger partial charge in [0.25, 0.3) is 5.91 Å². The van der Waals surface area contributed by atoms with Crippen LogP contribution in [0.5, 0.6) is 5.88 Å². The number of guanidine groups is 1. The second-order valence-corrected chi connectivity index (χ2v) is 8.58. The van der Waals surface area contributed by atoms with Crippen molar-refractivity contribution in [2.75, 3.05) is 12.4 Å². The summed E-state index contributed by atoms with van der Waals surface area (Å²) in [5, 5.41) is 18.0. The first-order valence-electron chi connectivity index (χ1n) is 10.3. The van der Waals surface area contributed by atoms with Crippen LogP contribution in [0, 0.1) is 22.9 Å². The highest BCUT2D eigenvalue weighted by atomic mass is 19.2. The van der Waals surface area contributed by atoms with Gasteiger partial charge in [-0.25, -0.2) is 13.2 Å². The summed E-state index contributed by atoms with van der Waals surface area (Å²) in [6.07, 6.45) is 0.314. The predicted octanol–water partition coefficient (Wildman–Crippen LogP) is 2.64. The number of hydrogen-bond donors (Lipinski definition) is 5. The maximum absolute atomic E-state index is 13.5. The highest BCUT2D eigenvalue weighted by Crippen LogP contribution is 2.21. The SMILES string of the molecule is CNC(CC(N)C(C)(C)C)C(=O)/N=C(/NCc1cc(F)c(F)c(F)c1)Nc1cccc(O)n1. The van der Waals surface area contributed by atoms with E-state index in [1.165, 1.54) is 18.2 Å². The maximum Gasteiger partial charge on any atom is 0.266 e. The molecule has 2 unspecified atom stereocenters. The molecule has 180 valence electrons. The first-order valence-corrected chi connectivity index (χ1v) is 10.3.